The van der Waals surface area contributed by atoms with Gasteiger partial charge in [-0.1, -0.05) is 19.1 Å². The van der Waals surface area contributed by atoms with Crippen LogP contribution in [0.4, 0.5) is 0 Å². The van der Waals surface area contributed by atoms with Crippen molar-refractivity contribution >= 4 is 29.0 Å². The largest absolute Gasteiger partial charge is 0.393 e. The van der Waals surface area contributed by atoms with Crippen LogP contribution in [0.5, 0.6) is 0 Å². The molecule has 0 heterocycles. The van der Waals surface area contributed by atoms with Gasteiger partial charge in [0, 0.05) is 6.54 Å². The van der Waals surface area contributed by atoms with Crippen LogP contribution in [0, 0.1) is 5.92 Å². The van der Waals surface area contributed by atoms with Crippen molar-refractivity contribution in [2.45, 2.75) is 20.3 Å². The van der Waals surface area contributed by atoms with Crippen LogP contribution < -0.4 is 16.4 Å². The minimum atomic E-state index is -0.543. The van der Waals surface area contributed by atoms with E-state index in [9.17, 15) is 9.59 Å². The van der Waals surface area contributed by atoms with Crippen LogP contribution in [-0.4, -0.2) is 29.9 Å². The first-order valence-corrected chi connectivity index (χ1v) is 5.23. The summed E-state index contributed by atoms with van der Waals surface area (Å²) in [5, 5.41) is 5.09. The van der Waals surface area contributed by atoms with Crippen LogP contribution in [0.25, 0.3) is 0 Å². The average molecular weight is 231 g/mol. The summed E-state index contributed by atoms with van der Waals surface area (Å²) in [6.07, 6.45) is 0.864. The van der Waals surface area contributed by atoms with Gasteiger partial charge < -0.3 is 16.4 Å². The van der Waals surface area contributed by atoms with Gasteiger partial charge in [-0.25, -0.2) is 0 Å². The lowest BCUT2D eigenvalue weighted by atomic mass is 10.1. The van der Waals surface area contributed by atoms with E-state index in [0.717, 1.165) is 6.42 Å². The maximum Gasteiger partial charge on any atom is 0.239 e. The third-order valence-corrected chi connectivity index (χ3v) is 2.17. The zero-order chi connectivity index (χ0) is 11.8. The van der Waals surface area contributed by atoms with Crippen LogP contribution in [0.3, 0.4) is 0 Å². The topological polar surface area (TPSA) is 84.2 Å². The zero-order valence-corrected chi connectivity index (χ0v) is 9.82. The predicted molar refractivity (Wildman–Crippen MR) is 62.3 cm³/mol. The quantitative estimate of drug-likeness (QED) is 0.541. The monoisotopic (exact) mass is 231 g/mol. The summed E-state index contributed by atoms with van der Waals surface area (Å²) in [5.41, 5.74) is 5.29. The standard InChI is InChI=1S/C9H17N3O2S/c1-3-4-11-7(13)5-12-9(14)6(2)8(10)15/h6H,3-5H2,1-2H3,(H2,10,15)(H,11,13)(H,12,14). The molecule has 0 bridgehead atoms. The molecule has 2 amide bonds. The molecule has 0 saturated carbocycles. The van der Waals surface area contributed by atoms with Crippen LogP contribution >= 0.6 is 12.2 Å². The minimum Gasteiger partial charge on any atom is -0.393 e. The molecular formula is C9H17N3O2S. The van der Waals surface area contributed by atoms with Gasteiger partial charge >= 0.3 is 0 Å². The Labute approximate surface area is 94.8 Å². The number of carbonyl (C=O) groups excluding carboxylic acids is 2. The van der Waals surface area contributed by atoms with E-state index in [1.807, 2.05) is 6.92 Å². The smallest absolute Gasteiger partial charge is 0.239 e. The highest BCUT2D eigenvalue weighted by molar-refractivity contribution is 7.80. The Morgan fingerprint density at radius 2 is 2.00 bits per heavy atom. The fraction of sp³-hybridized carbons (Fsp3) is 0.667. The molecule has 0 rings (SSSR count). The van der Waals surface area contributed by atoms with E-state index in [1.54, 1.807) is 6.92 Å². The second-order valence-electron chi connectivity index (χ2n) is 3.19. The summed E-state index contributed by atoms with van der Waals surface area (Å²) in [7, 11) is 0. The lowest BCUT2D eigenvalue weighted by molar-refractivity contribution is -0.126. The summed E-state index contributed by atoms with van der Waals surface area (Å²) >= 11 is 4.66. The number of hydrogen-bond acceptors (Lipinski definition) is 3. The molecule has 1 atom stereocenters. The maximum atomic E-state index is 11.3. The van der Waals surface area contributed by atoms with Crippen LogP contribution in [0.15, 0.2) is 0 Å². The second-order valence-corrected chi connectivity index (χ2v) is 3.66. The molecule has 86 valence electrons. The number of amides is 2. The number of hydrogen-bond donors (Lipinski definition) is 3. The first-order chi connectivity index (χ1) is 6.99. The predicted octanol–water partition coefficient (Wildman–Crippen LogP) is -0.449. The maximum absolute atomic E-state index is 11.3. The highest BCUT2D eigenvalue weighted by Crippen LogP contribution is 1.93. The van der Waals surface area contributed by atoms with Gasteiger partial charge in [0.1, 0.15) is 0 Å². The molecule has 1 unspecified atom stereocenters. The summed E-state index contributed by atoms with van der Waals surface area (Å²) in [4.78, 5) is 22.5. The van der Waals surface area contributed by atoms with Crippen molar-refractivity contribution in [1.82, 2.24) is 10.6 Å². The Hall–Kier alpha value is -1.17. The fourth-order valence-corrected chi connectivity index (χ4v) is 0.884. The Morgan fingerprint density at radius 3 is 2.47 bits per heavy atom. The molecule has 0 spiro atoms. The Kier molecular flexibility index (Phi) is 6.61. The van der Waals surface area contributed by atoms with Crippen molar-refractivity contribution < 1.29 is 9.59 Å². The molecule has 15 heavy (non-hydrogen) atoms. The molecule has 0 aromatic carbocycles. The summed E-state index contributed by atoms with van der Waals surface area (Å²) in [6.45, 7) is 4.13. The summed E-state index contributed by atoms with van der Waals surface area (Å²) in [6, 6.07) is 0. The van der Waals surface area contributed by atoms with Crippen molar-refractivity contribution in [3.05, 3.63) is 0 Å². The van der Waals surface area contributed by atoms with E-state index in [4.69, 9.17) is 5.73 Å². The van der Waals surface area contributed by atoms with Crippen LogP contribution in [0.1, 0.15) is 20.3 Å². The van der Waals surface area contributed by atoms with Gasteiger partial charge in [0.05, 0.1) is 17.5 Å². The van der Waals surface area contributed by atoms with E-state index in [-0.39, 0.29) is 23.3 Å². The van der Waals surface area contributed by atoms with Gasteiger partial charge in [0.25, 0.3) is 0 Å². The van der Waals surface area contributed by atoms with Crippen LogP contribution in [-0.2, 0) is 9.59 Å². The fourth-order valence-electron chi connectivity index (χ4n) is 0.777. The lowest BCUT2D eigenvalue weighted by Gasteiger charge is -2.10. The third kappa shape index (κ3) is 6.01. The number of nitrogens with two attached hydrogens (primary N) is 1. The normalized spacial score (nSPS) is 11.6. The molecule has 0 aliphatic carbocycles. The van der Waals surface area contributed by atoms with Gasteiger partial charge in [0.2, 0.25) is 11.8 Å². The second kappa shape index (κ2) is 7.17. The van der Waals surface area contributed by atoms with E-state index in [1.165, 1.54) is 0 Å². The van der Waals surface area contributed by atoms with Gasteiger partial charge in [0.15, 0.2) is 0 Å². The van der Waals surface area contributed by atoms with Crippen molar-refractivity contribution in [2.24, 2.45) is 11.7 Å². The third-order valence-electron chi connectivity index (χ3n) is 1.82. The van der Waals surface area contributed by atoms with E-state index < -0.39 is 5.92 Å². The highest BCUT2D eigenvalue weighted by atomic mass is 32.1. The van der Waals surface area contributed by atoms with Crippen molar-refractivity contribution in [3.8, 4) is 0 Å². The number of carbonyl (C=O) groups is 2. The Morgan fingerprint density at radius 1 is 1.40 bits per heavy atom. The Bertz CT molecular complexity index is 256. The van der Waals surface area contributed by atoms with E-state index in [0.29, 0.717) is 6.54 Å². The minimum absolute atomic E-state index is 0.0359. The Balaban J connectivity index is 3.80. The molecule has 0 fully saturated rings. The molecule has 0 aromatic rings. The van der Waals surface area contributed by atoms with E-state index >= 15 is 0 Å². The molecular weight excluding hydrogens is 214 g/mol. The van der Waals surface area contributed by atoms with Crippen molar-refractivity contribution in [3.63, 3.8) is 0 Å². The molecule has 5 nitrogen and oxygen atoms in total. The molecule has 0 saturated heterocycles. The number of thiocarbonyl (C=S) groups is 1. The average Bonchev–Trinajstić information content (AvgIpc) is 2.21. The van der Waals surface area contributed by atoms with Crippen LogP contribution in [0.2, 0.25) is 0 Å². The molecule has 6 heteroatoms. The highest BCUT2D eigenvalue weighted by Gasteiger charge is 2.15. The molecule has 0 aliphatic rings. The zero-order valence-electron chi connectivity index (χ0n) is 9.00. The first kappa shape index (κ1) is 13.8. The lowest BCUT2D eigenvalue weighted by Crippen LogP contribution is -2.42. The molecule has 0 aliphatic heterocycles. The first-order valence-electron chi connectivity index (χ1n) is 4.82. The van der Waals surface area contributed by atoms with Gasteiger partial charge in [-0.3, -0.25) is 9.59 Å². The molecule has 0 aromatic heterocycles. The summed E-state index contributed by atoms with van der Waals surface area (Å²) < 4.78 is 0. The van der Waals surface area contributed by atoms with Gasteiger partial charge in [-0.2, -0.15) is 0 Å². The van der Waals surface area contributed by atoms with Crippen molar-refractivity contribution in [1.29, 1.82) is 0 Å². The van der Waals surface area contributed by atoms with Gasteiger partial charge in [-0.15, -0.1) is 0 Å². The van der Waals surface area contributed by atoms with Gasteiger partial charge in [-0.05, 0) is 13.3 Å². The van der Waals surface area contributed by atoms with Crippen molar-refractivity contribution in [2.75, 3.05) is 13.1 Å². The molecule has 4 N–H and O–H groups in total. The van der Waals surface area contributed by atoms with E-state index in [2.05, 4.69) is 22.9 Å². The SMILES string of the molecule is CCCNC(=O)CNC(=O)C(C)C(N)=S. The number of rotatable bonds is 6. The summed E-state index contributed by atoms with van der Waals surface area (Å²) in [5.74, 6) is -1.08. The molecule has 0 radical (unpaired) electrons. The number of nitrogens with one attached hydrogen (secondary N) is 2.